The number of rotatable bonds is 10. The lowest BCUT2D eigenvalue weighted by Gasteiger charge is -2.45. The van der Waals surface area contributed by atoms with Gasteiger partial charge in [0.1, 0.15) is 59.4 Å². The molecule has 0 spiro atoms. The van der Waals surface area contributed by atoms with Crippen molar-refractivity contribution in [2.75, 3.05) is 13.7 Å². The molecule has 15 heteroatoms. The van der Waals surface area contributed by atoms with Crippen LogP contribution in [0.5, 0.6) is 28.7 Å². The van der Waals surface area contributed by atoms with Crippen LogP contribution in [0.15, 0.2) is 30.3 Å². The molecule has 4 rings (SSSR count). The number of benzene rings is 2. The summed E-state index contributed by atoms with van der Waals surface area (Å²) >= 11 is 0. The Balaban J connectivity index is 1.51. The maximum Gasteiger partial charge on any atom is 0.229 e. The van der Waals surface area contributed by atoms with Crippen LogP contribution in [0.4, 0.5) is 0 Å². The normalized spacial score (nSPS) is 32.7. The smallest absolute Gasteiger partial charge is 0.229 e. The SMILES string of the molecule is COc1ccc(CCC(=O)c2c(O)cc(O[C@@H]3O[C@H](CO)[C@@H](O)[C@H](O)[C@@H]3O[C@@H]3O[C@@H](C)[C@H](O)[C@@H](O)[C@H]3O)cc2O)cc1O. The van der Waals surface area contributed by atoms with Gasteiger partial charge in [0.2, 0.25) is 6.29 Å². The largest absolute Gasteiger partial charge is 0.507 e. The average Bonchev–Trinajstić information content (AvgIpc) is 2.96. The maximum absolute atomic E-state index is 12.9. The minimum atomic E-state index is -1.79. The van der Waals surface area contributed by atoms with Crippen molar-refractivity contribution < 1.29 is 74.4 Å². The fourth-order valence-corrected chi connectivity index (χ4v) is 4.93. The molecule has 0 aromatic heterocycles. The van der Waals surface area contributed by atoms with Crippen LogP contribution in [0.1, 0.15) is 29.3 Å². The Bertz CT molecular complexity index is 1250. The number of aromatic hydroxyl groups is 3. The van der Waals surface area contributed by atoms with Gasteiger partial charge < -0.3 is 69.6 Å². The number of ketones is 1. The summed E-state index contributed by atoms with van der Waals surface area (Å²) in [6, 6.07) is 6.59. The van der Waals surface area contributed by atoms with E-state index in [1.165, 1.54) is 26.2 Å². The summed E-state index contributed by atoms with van der Waals surface area (Å²) in [5.41, 5.74) is 0.208. The van der Waals surface area contributed by atoms with Crippen molar-refractivity contribution in [2.24, 2.45) is 0 Å². The monoisotopic (exact) mass is 612 g/mol. The molecule has 43 heavy (non-hydrogen) atoms. The number of methoxy groups -OCH3 is 1. The Morgan fingerprint density at radius 2 is 1.51 bits per heavy atom. The number of aliphatic hydroxyl groups is 6. The Morgan fingerprint density at radius 3 is 2.12 bits per heavy atom. The first-order chi connectivity index (χ1) is 20.4. The highest BCUT2D eigenvalue weighted by Crippen LogP contribution is 2.37. The first kappa shape index (κ1) is 32.7. The zero-order valence-electron chi connectivity index (χ0n) is 23.3. The van der Waals surface area contributed by atoms with E-state index in [-0.39, 0.29) is 30.1 Å². The summed E-state index contributed by atoms with van der Waals surface area (Å²) in [6.45, 7) is 0.662. The van der Waals surface area contributed by atoms with Gasteiger partial charge in [-0.1, -0.05) is 6.07 Å². The van der Waals surface area contributed by atoms with Crippen molar-refractivity contribution in [3.63, 3.8) is 0 Å². The van der Waals surface area contributed by atoms with E-state index in [9.17, 15) is 50.8 Å². The first-order valence-corrected chi connectivity index (χ1v) is 13.5. The number of hydrogen-bond acceptors (Lipinski definition) is 15. The molecule has 2 heterocycles. The molecule has 0 bridgehead atoms. The van der Waals surface area contributed by atoms with E-state index in [2.05, 4.69) is 0 Å². The molecular formula is C28H36O15. The molecule has 0 radical (unpaired) electrons. The number of carbonyl (C=O) groups excluding carboxylic acids is 1. The van der Waals surface area contributed by atoms with E-state index in [1.807, 2.05) is 0 Å². The number of phenols is 3. The van der Waals surface area contributed by atoms with Gasteiger partial charge in [-0.3, -0.25) is 4.79 Å². The number of Topliss-reactive ketones (excluding diaryl/α,β-unsaturated/α-hetero) is 1. The van der Waals surface area contributed by atoms with Crippen LogP contribution >= 0.6 is 0 Å². The van der Waals surface area contributed by atoms with Crippen molar-refractivity contribution in [1.29, 1.82) is 0 Å². The second-order valence-electron chi connectivity index (χ2n) is 10.4. The third kappa shape index (κ3) is 6.95. The van der Waals surface area contributed by atoms with Crippen molar-refractivity contribution in [1.82, 2.24) is 0 Å². The van der Waals surface area contributed by atoms with Crippen LogP contribution in [0, 0.1) is 0 Å². The van der Waals surface area contributed by atoms with Gasteiger partial charge >= 0.3 is 0 Å². The number of aryl methyl sites for hydroxylation is 1. The summed E-state index contributed by atoms with van der Waals surface area (Å²) < 4.78 is 27.2. The molecule has 0 aliphatic carbocycles. The minimum Gasteiger partial charge on any atom is -0.507 e. The molecule has 238 valence electrons. The molecule has 2 fully saturated rings. The van der Waals surface area contributed by atoms with Gasteiger partial charge in [0, 0.05) is 18.6 Å². The predicted molar refractivity (Wildman–Crippen MR) is 143 cm³/mol. The van der Waals surface area contributed by atoms with Crippen molar-refractivity contribution in [3.05, 3.63) is 41.5 Å². The molecule has 10 atom stereocenters. The molecule has 9 N–H and O–H groups in total. The summed E-state index contributed by atoms with van der Waals surface area (Å²) in [5, 5.41) is 92.3. The van der Waals surface area contributed by atoms with Crippen molar-refractivity contribution in [2.45, 2.75) is 81.2 Å². The molecule has 0 amide bonds. The summed E-state index contributed by atoms with van der Waals surface area (Å²) in [6.07, 6.45) is -15.5. The van der Waals surface area contributed by atoms with Gasteiger partial charge in [-0.15, -0.1) is 0 Å². The summed E-state index contributed by atoms with van der Waals surface area (Å²) in [4.78, 5) is 12.9. The molecular weight excluding hydrogens is 576 g/mol. The zero-order chi connectivity index (χ0) is 31.6. The fourth-order valence-electron chi connectivity index (χ4n) is 4.93. The van der Waals surface area contributed by atoms with E-state index in [4.69, 9.17) is 23.7 Å². The van der Waals surface area contributed by atoms with Crippen molar-refractivity contribution >= 4 is 5.78 Å². The second kappa shape index (κ2) is 13.6. The van der Waals surface area contributed by atoms with Crippen LogP contribution in [0.2, 0.25) is 0 Å². The summed E-state index contributed by atoms with van der Waals surface area (Å²) in [5.74, 6) is -2.04. The van der Waals surface area contributed by atoms with E-state index in [1.54, 1.807) is 6.07 Å². The predicted octanol–water partition coefficient (Wildman–Crippen LogP) is -1.34. The van der Waals surface area contributed by atoms with Crippen LogP contribution in [-0.2, 0) is 20.6 Å². The highest BCUT2D eigenvalue weighted by Gasteiger charge is 2.51. The third-order valence-corrected chi connectivity index (χ3v) is 7.41. The molecule has 0 saturated carbocycles. The number of phenolic OH excluding ortho intramolecular Hbond substituents is 3. The molecule has 2 aromatic carbocycles. The molecule has 2 aromatic rings. The topological polar surface area (TPSA) is 245 Å². The average molecular weight is 613 g/mol. The lowest BCUT2D eigenvalue weighted by atomic mass is 9.97. The Labute approximate surface area is 245 Å². The first-order valence-electron chi connectivity index (χ1n) is 13.5. The van der Waals surface area contributed by atoms with Crippen LogP contribution in [0.3, 0.4) is 0 Å². The van der Waals surface area contributed by atoms with Gasteiger partial charge in [-0.25, -0.2) is 0 Å². The zero-order valence-corrected chi connectivity index (χ0v) is 23.3. The van der Waals surface area contributed by atoms with E-state index >= 15 is 0 Å². The standard InChI is InChI=1S/C28H36O15/c1-11-21(34)23(36)25(38)27(40-11)43-26-24(37)22(35)19(10-29)42-28(26)41-13-8-16(32)20(17(33)9-13)14(30)5-3-12-4-6-18(39-2)15(31)7-12/h4,6-9,11,19,21-29,31-38H,3,5,10H2,1-2H3/t11-,19+,21-,22+,23+,24-,25+,26-,27-,28+/m0/s1. The quantitative estimate of drug-likeness (QED) is 0.141. The maximum atomic E-state index is 12.9. The fraction of sp³-hybridized carbons (Fsp3) is 0.536. The third-order valence-electron chi connectivity index (χ3n) is 7.41. The van der Waals surface area contributed by atoms with Crippen LogP contribution in [0.25, 0.3) is 0 Å². The van der Waals surface area contributed by atoms with E-state index < -0.39 is 90.9 Å². The molecule has 2 aliphatic heterocycles. The van der Waals surface area contributed by atoms with Gasteiger partial charge in [-0.2, -0.15) is 0 Å². The molecule has 0 unspecified atom stereocenters. The van der Waals surface area contributed by atoms with Gasteiger partial charge in [0.25, 0.3) is 0 Å². The minimum absolute atomic E-state index is 0.110. The summed E-state index contributed by atoms with van der Waals surface area (Å²) in [7, 11) is 1.40. The van der Waals surface area contributed by atoms with Gasteiger partial charge in [0.15, 0.2) is 29.7 Å². The number of carbonyl (C=O) groups is 1. The van der Waals surface area contributed by atoms with Crippen molar-refractivity contribution in [3.8, 4) is 28.7 Å². The lowest BCUT2D eigenvalue weighted by molar-refractivity contribution is -0.354. The molecule has 15 nitrogen and oxygen atoms in total. The van der Waals surface area contributed by atoms with Crippen LogP contribution < -0.4 is 9.47 Å². The highest BCUT2D eigenvalue weighted by atomic mass is 16.8. The van der Waals surface area contributed by atoms with Gasteiger partial charge in [-0.05, 0) is 31.0 Å². The van der Waals surface area contributed by atoms with E-state index in [0.29, 0.717) is 5.56 Å². The number of hydrogen-bond donors (Lipinski definition) is 9. The lowest BCUT2D eigenvalue weighted by Crippen LogP contribution is -2.64. The Hall–Kier alpha value is -3.25. The highest BCUT2D eigenvalue weighted by molar-refractivity contribution is 6.01. The van der Waals surface area contributed by atoms with Gasteiger partial charge in [0.05, 0.1) is 19.8 Å². The Kier molecular flexibility index (Phi) is 10.3. The molecule has 2 aliphatic rings. The van der Waals surface area contributed by atoms with E-state index in [0.717, 1.165) is 12.1 Å². The number of aliphatic hydroxyl groups excluding tert-OH is 6. The molecule has 2 saturated heterocycles. The number of ether oxygens (including phenoxy) is 5. The Morgan fingerprint density at radius 1 is 0.837 bits per heavy atom. The second-order valence-corrected chi connectivity index (χ2v) is 10.4. The van der Waals surface area contributed by atoms with Crippen LogP contribution in [-0.4, -0.2) is 127 Å².